The van der Waals surface area contributed by atoms with Crippen molar-refractivity contribution in [2.45, 2.75) is 20.8 Å². The zero-order valence-corrected chi connectivity index (χ0v) is 11.0. The summed E-state index contributed by atoms with van der Waals surface area (Å²) in [5.41, 5.74) is 1.83. The molecule has 2 amide bonds. The maximum Gasteiger partial charge on any atom is 0.323 e. The van der Waals surface area contributed by atoms with E-state index >= 15 is 0 Å². The predicted molar refractivity (Wildman–Crippen MR) is 72.2 cm³/mol. The van der Waals surface area contributed by atoms with E-state index < -0.39 is 0 Å². The molecule has 4 heteroatoms. The molecule has 1 aromatic rings. The molecule has 0 fully saturated rings. The highest BCUT2D eigenvalue weighted by Crippen LogP contribution is 2.13. The summed E-state index contributed by atoms with van der Waals surface area (Å²) in [5.74, 6) is 0.422. The van der Waals surface area contributed by atoms with Gasteiger partial charge < -0.3 is 10.6 Å². The normalized spacial score (nSPS) is 11.5. The summed E-state index contributed by atoms with van der Waals surface area (Å²) in [7, 11) is 0. The molecular weight excluding hydrogens is 236 g/mol. The molecule has 1 aromatic carbocycles. The third-order valence-corrected chi connectivity index (χ3v) is 2.70. The molecule has 0 aliphatic carbocycles. The molecule has 0 atom stereocenters. The third kappa shape index (κ3) is 4.91. The number of allylic oxidation sites excluding steroid dienone is 1. The van der Waals surface area contributed by atoms with Crippen LogP contribution in [0.3, 0.4) is 0 Å². The Bertz CT molecular complexity index is 410. The van der Waals surface area contributed by atoms with E-state index in [9.17, 15) is 4.79 Å². The smallest absolute Gasteiger partial charge is 0.314 e. The van der Waals surface area contributed by atoms with E-state index in [1.54, 1.807) is 30.5 Å². The summed E-state index contributed by atoms with van der Waals surface area (Å²) >= 11 is 5.75. The molecule has 92 valence electrons. The van der Waals surface area contributed by atoms with E-state index in [1.165, 1.54) is 0 Å². The SMILES string of the molecule is C/C(=C\NC(=O)Nc1ccc(Cl)cc1)C(C)C. The second kappa shape index (κ2) is 6.30. The third-order valence-electron chi connectivity index (χ3n) is 2.44. The number of anilines is 1. The Morgan fingerprint density at radius 1 is 1.29 bits per heavy atom. The molecule has 17 heavy (non-hydrogen) atoms. The lowest BCUT2D eigenvalue weighted by Crippen LogP contribution is -2.24. The van der Waals surface area contributed by atoms with Crippen LogP contribution in [0.15, 0.2) is 36.0 Å². The highest BCUT2D eigenvalue weighted by Gasteiger charge is 2.00. The van der Waals surface area contributed by atoms with Crippen molar-refractivity contribution in [1.29, 1.82) is 0 Å². The van der Waals surface area contributed by atoms with Gasteiger partial charge in [0, 0.05) is 16.9 Å². The van der Waals surface area contributed by atoms with Crippen LogP contribution in [0, 0.1) is 5.92 Å². The Labute approximate surface area is 107 Å². The molecule has 0 saturated heterocycles. The zero-order chi connectivity index (χ0) is 12.8. The Kier molecular flexibility index (Phi) is 5.04. The average molecular weight is 253 g/mol. The fourth-order valence-corrected chi connectivity index (χ4v) is 1.17. The van der Waals surface area contributed by atoms with Crippen molar-refractivity contribution < 1.29 is 4.79 Å². The van der Waals surface area contributed by atoms with E-state index in [2.05, 4.69) is 24.5 Å². The quantitative estimate of drug-likeness (QED) is 0.838. The highest BCUT2D eigenvalue weighted by molar-refractivity contribution is 6.30. The summed E-state index contributed by atoms with van der Waals surface area (Å²) in [6, 6.07) is 6.70. The molecule has 0 bridgehead atoms. The number of hydrogen-bond acceptors (Lipinski definition) is 1. The number of rotatable bonds is 3. The Morgan fingerprint density at radius 2 is 1.88 bits per heavy atom. The minimum absolute atomic E-state index is 0.257. The molecule has 0 aromatic heterocycles. The first-order chi connectivity index (χ1) is 7.99. The van der Waals surface area contributed by atoms with E-state index in [4.69, 9.17) is 11.6 Å². The predicted octanol–water partition coefficient (Wildman–Crippen LogP) is 4.02. The van der Waals surface area contributed by atoms with Gasteiger partial charge in [-0.3, -0.25) is 0 Å². The van der Waals surface area contributed by atoms with Crippen LogP contribution >= 0.6 is 11.6 Å². The van der Waals surface area contributed by atoms with Crippen LogP contribution in [0.5, 0.6) is 0 Å². The van der Waals surface area contributed by atoms with Gasteiger partial charge in [-0.05, 0) is 37.1 Å². The van der Waals surface area contributed by atoms with Gasteiger partial charge in [-0.2, -0.15) is 0 Å². The highest BCUT2D eigenvalue weighted by atomic mass is 35.5. The number of carbonyl (C=O) groups is 1. The largest absolute Gasteiger partial charge is 0.323 e. The van der Waals surface area contributed by atoms with Gasteiger partial charge in [0.1, 0.15) is 0 Å². The van der Waals surface area contributed by atoms with Crippen LogP contribution in [0.25, 0.3) is 0 Å². The molecule has 2 N–H and O–H groups in total. The van der Waals surface area contributed by atoms with Gasteiger partial charge in [-0.15, -0.1) is 0 Å². The van der Waals surface area contributed by atoms with Crippen LogP contribution in [-0.2, 0) is 0 Å². The summed E-state index contributed by atoms with van der Waals surface area (Å²) in [4.78, 5) is 11.5. The zero-order valence-electron chi connectivity index (χ0n) is 10.3. The minimum Gasteiger partial charge on any atom is -0.314 e. The molecule has 0 unspecified atom stereocenters. The first kappa shape index (κ1) is 13.6. The van der Waals surface area contributed by atoms with Crippen molar-refractivity contribution in [3.05, 3.63) is 41.1 Å². The number of urea groups is 1. The summed E-state index contributed by atoms with van der Waals surface area (Å²) in [6.45, 7) is 6.13. The molecular formula is C13H17ClN2O. The van der Waals surface area contributed by atoms with Crippen molar-refractivity contribution in [2.75, 3.05) is 5.32 Å². The van der Waals surface area contributed by atoms with Crippen LogP contribution in [0.4, 0.5) is 10.5 Å². The Hall–Kier alpha value is -1.48. The van der Waals surface area contributed by atoms with Gasteiger partial charge in [-0.1, -0.05) is 31.0 Å². The van der Waals surface area contributed by atoms with E-state index in [0.717, 1.165) is 5.57 Å². The summed E-state index contributed by atoms with van der Waals surface area (Å²) in [5, 5.41) is 6.04. The maximum absolute atomic E-state index is 11.5. The van der Waals surface area contributed by atoms with Gasteiger partial charge >= 0.3 is 6.03 Å². The number of carbonyl (C=O) groups excluding carboxylic acids is 1. The Morgan fingerprint density at radius 3 is 2.41 bits per heavy atom. The van der Waals surface area contributed by atoms with Gasteiger partial charge in [-0.25, -0.2) is 4.79 Å². The fourth-order valence-electron chi connectivity index (χ4n) is 1.05. The number of amides is 2. The second-order valence-corrected chi connectivity index (χ2v) is 4.58. The molecule has 0 heterocycles. The van der Waals surface area contributed by atoms with Crippen molar-refractivity contribution in [3.8, 4) is 0 Å². The van der Waals surface area contributed by atoms with E-state index in [-0.39, 0.29) is 6.03 Å². The number of hydrogen-bond donors (Lipinski definition) is 2. The van der Waals surface area contributed by atoms with Crippen molar-refractivity contribution in [2.24, 2.45) is 5.92 Å². The first-order valence-electron chi connectivity index (χ1n) is 5.49. The molecule has 3 nitrogen and oxygen atoms in total. The van der Waals surface area contributed by atoms with Crippen LogP contribution in [0.1, 0.15) is 20.8 Å². The average Bonchev–Trinajstić information content (AvgIpc) is 2.29. The van der Waals surface area contributed by atoms with Gasteiger partial charge in [0.2, 0.25) is 0 Å². The first-order valence-corrected chi connectivity index (χ1v) is 5.86. The van der Waals surface area contributed by atoms with E-state index in [1.807, 2.05) is 6.92 Å². The number of nitrogens with one attached hydrogen (secondary N) is 2. The monoisotopic (exact) mass is 252 g/mol. The molecule has 1 rings (SSSR count). The maximum atomic E-state index is 11.5. The Balaban J connectivity index is 2.50. The summed E-state index contributed by atoms with van der Waals surface area (Å²) in [6.07, 6.45) is 1.72. The fraction of sp³-hybridized carbons (Fsp3) is 0.308. The van der Waals surface area contributed by atoms with Gasteiger partial charge in [0.05, 0.1) is 0 Å². The molecule has 0 radical (unpaired) electrons. The lowest BCUT2D eigenvalue weighted by molar-refractivity contribution is 0.255. The van der Waals surface area contributed by atoms with Crippen molar-refractivity contribution >= 4 is 23.3 Å². The van der Waals surface area contributed by atoms with Crippen LogP contribution < -0.4 is 10.6 Å². The second-order valence-electron chi connectivity index (χ2n) is 4.15. The van der Waals surface area contributed by atoms with E-state index in [0.29, 0.717) is 16.6 Å². The number of benzene rings is 1. The minimum atomic E-state index is -0.257. The van der Waals surface area contributed by atoms with Gasteiger partial charge in [0.15, 0.2) is 0 Å². The number of halogens is 1. The van der Waals surface area contributed by atoms with Crippen molar-refractivity contribution in [1.82, 2.24) is 5.32 Å². The standard InChI is InChI=1S/C13H17ClN2O/c1-9(2)10(3)8-15-13(17)16-12-6-4-11(14)5-7-12/h4-9H,1-3H3,(H2,15,16,17)/b10-8+. The van der Waals surface area contributed by atoms with Crippen molar-refractivity contribution in [3.63, 3.8) is 0 Å². The molecule has 0 aliphatic heterocycles. The molecule has 0 aliphatic rings. The van der Waals surface area contributed by atoms with Crippen LogP contribution in [0.2, 0.25) is 5.02 Å². The topological polar surface area (TPSA) is 41.1 Å². The van der Waals surface area contributed by atoms with Gasteiger partial charge in [0.25, 0.3) is 0 Å². The summed E-state index contributed by atoms with van der Waals surface area (Å²) < 4.78 is 0. The molecule has 0 spiro atoms. The van der Waals surface area contributed by atoms with Crippen LogP contribution in [-0.4, -0.2) is 6.03 Å². The lowest BCUT2D eigenvalue weighted by Gasteiger charge is -2.07. The lowest BCUT2D eigenvalue weighted by atomic mass is 10.1. The molecule has 0 saturated carbocycles.